The Labute approximate surface area is 465 Å². The molecule has 0 aromatic heterocycles. The minimum absolute atomic E-state index is 0.0975. The summed E-state index contributed by atoms with van der Waals surface area (Å²) in [7, 11) is 0. The van der Waals surface area contributed by atoms with Crippen molar-refractivity contribution in [1.29, 1.82) is 0 Å². The van der Waals surface area contributed by atoms with Crippen LogP contribution in [0, 0.1) is 0 Å². The number of hydrogen-bond acceptors (Lipinski definition) is 6. The van der Waals surface area contributed by atoms with Gasteiger partial charge in [-0.3, -0.25) is 14.4 Å². The van der Waals surface area contributed by atoms with Crippen LogP contribution >= 0.6 is 0 Å². The average molecular weight is 1050 g/mol. The summed E-state index contributed by atoms with van der Waals surface area (Å²) in [6.45, 7) is 6.45. The Morgan fingerprint density at radius 2 is 0.560 bits per heavy atom. The molecule has 0 aromatic carbocycles. The molecule has 0 spiro atoms. The SMILES string of the molecule is CC/C=C\C/C=C\C/C=C\C/C=C\C/C=C\CC(=O)OC(COC(=O)CCCCCCC/C=C\CCCCC)COC(=O)CCCCCCCCCCCCCCCCCCCCCCCCCCCCCCCC. The Morgan fingerprint density at radius 1 is 0.293 bits per heavy atom. The van der Waals surface area contributed by atoms with E-state index >= 15 is 0 Å². The molecule has 0 aliphatic rings. The first-order chi connectivity index (χ1) is 37.0. The van der Waals surface area contributed by atoms with Gasteiger partial charge in [0.25, 0.3) is 0 Å². The van der Waals surface area contributed by atoms with Crippen molar-refractivity contribution in [3.63, 3.8) is 0 Å². The van der Waals surface area contributed by atoms with Gasteiger partial charge in [-0.2, -0.15) is 0 Å². The van der Waals surface area contributed by atoms with Crippen LogP contribution in [0.2, 0.25) is 0 Å². The molecule has 0 rings (SSSR count). The first kappa shape index (κ1) is 71.8. The van der Waals surface area contributed by atoms with Gasteiger partial charge in [-0.1, -0.05) is 312 Å². The summed E-state index contributed by atoms with van der Waals surface area (Å²) >= 11 is 0. The summed E-state index contributed by atoms with van der Waals surface area (Å²) < 4.78 is 16.8. The summed E-state index contributed by atoms with van der Waals surface area (Å²) in [4.78, 5) is 38.1. The van der Waals surface area contributed by atoms with Gasteiger partial charge in [-0.15, -0.1) is 0 Å². The Balaban J connectivity index is 4.19. The fraction of sp³-hybridized carbons (Fsp3) is 0.783. The number of ether oxygens (including phenoxy) is 3. The highest BCUT2D eigenvalue weighted by Gasteiger charge is 2.19. The second-order valence-electron chi connectivity index (χ2n) is 21.7. The van der Waals surface area contributed by atoms with Gasteiger partial charge in [0, 0.05) is 12.8 Å². The van der Waals surface area contributed by atoms with E-state index < -0.39 is 12.1 Å². The number of rotatable bonds is 59. The van der Waals surface area contributed by atoms with Crippen molar-refractivity contribution in [2.75, 3.05) is 13.2 Å². The number of carbonyl (C=O) groups is 3. The van der Waals surface area contributed by atoms with Crippen LogP contribution in [0.1, 0.15) is 329 Å². The molecule has 0 N–H and O–H groups in total. The highest BCUT2D eigenvalue weighted by molar-refractivity contribution is 5.72. The van der Waals surface area contributed by atoms with Gasteiger partial charge < -0.3 is 14.2 Å². The lowest BCUT2D eigenvalue weighted by Crippen LogP contribution is -2.30. The lowest BCUT2D eigenvalue weighted by atomic mass is 10.0. The second-order valence-corrected chi connectivity index (χ2v) is 21.7. The molecule has 1 unspecified atom stereocenters. The van der Waals surface area contributed by atoms with Crippen molar-refractivity contribution in [2.45, 2.75) is 335 Å². The maximum Gasteiger partial charge on any atom is 0.310 e. The van der Waals surface area contributed by atoms with Crippen molar-refractivity contribution in [3.05, 3.63) is 72.9 Å². The summed E-state index contributed by atoms with van der Waals surface area (Å²) in [5, 5.41) is 0. The lowest BCUT2D eigenvalue weighted by Gasteiger charge is -2.18. The standard InChI is InChI=1S/C69H122O6/c1-4-7-10-13-16-19-22-25-27-28-29-30-31-32-33-34-35-36-37-38-39-40-41-43-44-47-50-53-56-59-62-68(71)74-65-66(64-73-67(70)61-58-55-52-49-46-24-21-18-15-12-9-6-3)75-69(72)63-60-57-54-51-48-45-42-26-23-20-17-14-11-8-5-2/h8,11,17-18,20-21,26,42,48,51,57,60,66H,4-7,9-10,12-16,19,22-25,27-41,43-47,49-50,52-56,58-59,61-65H2,1-3H3/b11-8-,20-17-,21-18-,42-26-,51-48-,60-57-. The molecular weight excluding hydrogens is 925 g/mol. The third-order valence-corrected chi connectivity index (χ3v) is 14.2. The first-order valence-electron chi connectivity index (χ1n) is 32.4. The molecule has 1 atom stereocenters. The fourth-order valence-electron chi connectivity index (χ4n) is 9.40. The maximum atomic E-state index is 12.8. The highest BCUT2D eigenvalue weighted by atomic mass is 16.6. The van der Waals surface area contributed by atoms with Crippen LogP contribution in [-0.2, 0) is 28.6 Å². The maximum absolute atomic E-state index is 12.8. The van der Waals surface area contributed by atoms with Gasteiger partial charge in [-0.05, 0) is 70.6 Å². The summed E-state index contributed by atoms with van der Waals surface area (Å²) in [5.74, 6) is -1.04. The molecule has 0 radical (unpaired) electrons. The van der Waals surface area contributed by atoms with E-state index in [9.17, 15) is 14.4 Å². The van der Waals surface area contributed by atoms with Crippen molar-refractivity contribution in [2.24, 2.45) is 0 Å². The van der Waals surface area contributed by atoms with Gasteiger partial charge in [0.05, 0.1) is 6.42 Å². The zero-order valence-electron chi connectivity index (χ0n) is 49.8. The van der Waals surface area contributed by atoms with E-state index in [0.29, 0.717) is 12.8 Å². The van der Waals surface area contributed by atoms with E-state index in [0.717, 1.165) is 83.5 Å². The third-order valence-electron chi connectivity index (χ3n) is 14.2. The van der Waals surface area contributed by atoms with E-state index in [1.54, 1.807) is 6.08 Å². The minimum Gasteiger partial charge on any atom is -0.462 e. The molecule has 0 fully saturated rings. The van der Waals surface area contributed by atoms with Gasteiger partial charge >= 0.3 is 17.9 Å². The molecule has 0 heterocycles. The van der Waals surface area contributed by atoms with Gasteiger partial charge in [0.2, 0.25) is 0 Å². The number of hydrogen-bond donors (Lipinski definition) is 0. The molecule has 0 aliphatic heterocycles. The Kier molecular flexibility index (Phi) is 60.7. The zero-order chi connectivity index (χ0) is 54.3. The van der Waals surface area contributed by atoms with Crippen LogP contribution in [0.15, 0.2) is 72.9 Å². The molecule has 6 heteroatoms. The van der Waals surface area contributed by atoms with Crippen molar-refractivity contribution in [1.82, 2.24) is 0 Å². The van der Waals surface area contributed by atoms with Crippen molar-refractivity contribution in [3.8, 4) is 0 Å². The molecule has 0 saturated carbocycles. The monoisotopic (exact) mass is 1050 g/mol. The summed E-state index contributed by atoms with van der Waals surface area (Å²) in [6.07, 6.45) is 82.6. The smallest absolute Gasteiger partial charge is 0.310 e. The molecule has 0 amide bonds. The van der Waals surface area contributed by atoms with E-state index in [4.69, 9.17) is 14.2 Å². The number of unbranched alkanes of at least 4 members (excludes halogenated alkanes) is 37. The van der Waals surface area contributed by atoms with Crippen LogP contribution in [0.3, 0.4) is 0 Å². The second kappa shape index (κ2) is 63.4. The van der Waals surface area contributed by atoms with Crippen LogP contribution in [-0.4, -0.2) is 37.2 Å². The van der Waals surface area contributed by atoms with E-state index in [1.165, 1.54) is 205 Å². The molecule has 75 heavy (non-hydrogen) atoms. The molecule has 0 aliphatic carbocycles. The van der Waals surface area contributed by atoms with Crippen LogP contribution in [0.4, 0.5) is 0 Å². The molecule has 6 nitrogen and oxygen atoms in total. The normalized spacial score (nSPS) is 12.5. The van der Waals surface area contributed by atoms with E-state index in [2.05, 4.69) is 81.5 Å². The van der Waals surface area contributed by atoms with Crippen molar-refractivity contribution < 1.29 is 28.6 Å². The largest absolute Gasteiger partial charge is 0.462 e. The Morgan fingerprint density at radius 3 is 0.893 bits per heavy atom. The van der Waals surface area contributed by atoms with Crippen LogP contribution in [0.5, 0.6) is 0 Å². The molecule has 0 saturated heterocycles. The van der Waals surface area contributed by atoms with Gasteiger partial charge in [0.15, 0.2) is 6.10 Å². The topological polar surface area (TPSA) is 78.9 Å². The summed E-state index contributed by atoms with van der Waals surface area (Å²) in [6, 6.07) is 0. The fourth-order valence-corrected chi connectivity index (χ4v) is 9.40. The van der Waals surface area contributed by atoms with Crippen molar-refractivity contribution >= 4 is 17.9 Å². The number of allylic oxidation sites excluding steroid dienone is 11. The predicted molar refractivity (Wildman–Crippen MR) is 325 cm³/mol. The Hall–Kier alpha value is -3.15. The molecule has 0 bridgehead atoms. The number of esters is 3. The summed E-state index contributed by atoms with van der Waals surface area (Å²) in [5.41, 5.74) is 0. The highest BCUT2D eigenvalue weighted by Crippen LogP contribution is 2.18. The Bertz CT molecular complexity index is 1390. The van der Waals surface area contributed by atoms with Gasteiger partial charge in [-0.25, -0.2) is 0 Å². The molecule has 0 aromatic rings. The van der Waals surface area contributed by atoms with Crippen LogP contribution in [0.25, 0.3) is 0 Å². The van der Waals surface area contributed by atoms with Gasteiger partial charge in [0.1, 0.15) is 13.2 Å². The predicted octanol–water partition coefficient (Wildman–Crippen LogP) is 22.1. The number of carbonyl (C=O) groups excluding carboxylic acids is 3. The quantitative estimate of drug-likeness (QED) is 0.0261. The van der Waals surface area contributed by atoms with E-state index in [1.807, 2.05) is 6.08 Å². The average Bonchev–Trinajstić information content (AvgIpc) is 3.41. The lowest BCUT2D eigenvalue weighted by molar-refractivity contribution is -0.166. The van der Waals surface area contributed by atoms with E-state index in [-0.39, 0.29) is 31.6 Å². The third kappa shape index (κ3) is 61.6. The molecule has 434 valence electrons. The zero-order valence-corrected chi connectivity index (χ0v) is 49.8. The van der Waals surface area contributed by atoms with Crippen LogP contribution < -0.4 is 0 Å². The molecular formula is C69H122O6. The first-order valence-corrected chi connectivity index (χ1v) is 32.4. The minimum atomic E-state index is -0.832.